The lowest BCUT2D eigenvalue weighted by molar-refractivity contribution is 0.0911. The molecule has 120 valence electrons. The molecule has 1 saturated carbocycles. The second kappa shape index (κ2) is 6.51. The predicted molar refractivity (Wildman–Crippen MR) is 83.2 cm³/mol. The number of carbonyl (C=O) groups is 2. The van der Waals surface area contributed by atoms with Crippen molar-refractivity contribution < 1.29 is 14.3 Å². The minimum Gasteiger partial charge on any atom is -0.449 e. The first kappa shape index (κ1) is 15.1. The molecule has 0 bridgehead atoms. The summed E-state index contributed by atoms with van der Waals surface area (Å²) in [6.07, 6.45) is 2.90. The molecule has 0 atom stereocenters. The van der Waals surface area contributed by atoms with E-state index in [4.69, 9.17) is 4.74 Å². The van der Waals surface area contributed by atoms with Crippen molar-refractivity contribution in [1.29, 1.82) is 0 Å². The molecule has 23 heavy (non-hydrogen) atoms. The smallest absolute Gasteiger partial charge is 0.426 e. The van der Waals surface area contributed by atoms with Gasteiger partial charge in [-0.15, -0.1) is 0 Å². The van der Waals surface area contributed by atoms with Crippen molar-refractivity contribution >= 4 is 12.0 Å². The standard InChI is InChI=1S/C16H18N4O3/c1-2-23-16(22)19-18-15(21)13-10-17-20(14(13)11-8-9-11)12-6-4-3-5-7-12/h3-7,10-11H,2,8-9H2,1H3,(H,18,21)(H,19,22). The van der Waals surface area contributed by atoms with Crippen LogP contribution in [-0.4, -0.2) is 28.4 Å². The number of carbonyl (C=O) groups excluding carboxylic acids is 2. The number of nitrogens with one attached hydrogen (secondary N) is 2. The number of para-hydroxylation sites is 1. The molecule has 0 radical (unpaired) electrons. The lowest BCUT2D eigenvalue weighted by Crippen LogP contribution is -2.42. The van der Waals surface area contributed by atoms with Crippen molar-refractivity contribution in [2.75, 3.05) is 6.61 Å². The van der Waals surface area contributed by atoms with Gasteiger partial charge in [-0.3, -0.25) is 10.2 Å². The summed E-state index contributed by atoms with van der Waals surface area (Å²) in [6, 6.07) is 9.67. The number of ether oxygens (including phenoxy) is 1. The Morgan fingerprint density at radius 1 is 1.26 bits per heavy atom. The molecule has 7 heteroatoms. The van der Waals surface area contributed by atoms with E-state index in [1.54, 1.807) is 11.6 Å². The molecule has 0 unspecified atom stereocenters. The zero-order valence-electron chi connectivity index (χ0n) is 12.8. The van der Waals surface area contributed by atoms with Gasteiger partial charge in [0.15, 0.2) is 0 Å². The lowest BCUT2D eigenvalue weighted by Gasteiger charge is -2.10. The monoisotopic (exact) mass is 314 g/mol. The van der Waals surface area contributed by atoms with Crippen LogP contribution in [0.2, 0.25) is 0 Å². The summed E-state index contributed by atoms with van der Waals surface area (Å²) in [6.45, 7) is 1.93. The third-order valence-electron chi connectivity index (χ3n) is 3.57. The summed E-state index contributed by atoms with van der Waals surface area (Å²) in [5.41, 5.74) is 6.82. The molecule has 1 aromatic carbocycles. The first-order valence-electron chi connectivity index (χ1n) is 7.57. The normalized spacial score (nSPS) is 13.4. The molecule has 2 N–H and O–H groups in total. The molecule has 0 spiro atoms. The molecule has 7 nitrogen and oxygen atoms in total. The molecule has 0 saturated heterocycles. The van der Waals surface area contributed by atoms with Crippen LogP contribution in [0, 0.1) is 0 Å². The van der Waals surface area contributed by atoms with E-state index in [0.717, 1.165) is 24.2 Å². The molecule has 1 fully saturated rings. The number of amides is 2. The summed E-state index contributed by atoms with van der Waals surface area (Å²) in [5, 5.41) is 4.34. The number of benzene rings is 1. The molecule has 1 aromatic heterocycles. The highest BCUT2D eigenvalue weighted by molar-refractivity contribution is 5.96. The van der Waals surface area contributed by atoms with Gasteiger partial charge in [0.1, 0.15) is 0 Å². The van der Waals surface area contributed by atoms with E-state index in [2.05, 4.69) is 16.0 Å². The SMILES string of the molecule is CCOC(=O)NNC(=O)c1cnn(-c2ccccc2)c1C1CC1. The van der Waals surface area contributed by atoms with E-state index in [9.17, 15) is 9.59 Å². The maximum absolute atomic E-state index is 12.3. The fourth-order valence-electron chi connectivity index (χ4n) is 2.40. The van der Waals surface area contributed by atoms with Gasteiger partial charge in [-0.25, -0.2) is 14.9 Å². The second-order valence-corrected chi connectivity index (χ2v) is 5.26. The first-order chi connectivity index (χ1) is 11.2. The van der Waals surface area contributed by atoms with Crippen molar-refractivity contribution in [3.05, 3.63) is 47.8 Å². The van der Waals surface area contributed by atoms with Gasteiger partial charge in [0, 0.05) is 5.92 Å². The highest BCUT2D eigenvalue weighted by Gasteiger charge is 2.33. The number of rotatable bonds is 4. The first-order valence-corrected chi connectivity index (χ1v) is 7.57. The van der Waals surface area contributed by atoms with Crippen LogP contribution >= 0.6 is 0 Å². The number of nitrogens with zero attached hydrogens (tertiary/aromatic N) is 2. The molecule has 1 aliphatic rings. The average Bonchev–Trinajstić information content (AvgIpc) is 3.32. The molecule has 2 amide bonds. The number of aromatic nitrogens is 2. The second-order valence-electron chi connectivity index (χ2n) is 5.26. The molecule has 3 rings (SSSR count). The van der Waals surface area contributed by atoms with Crippen molar-refractivity contribution in [2.24, 2.45) is 0 Å². The quantitative estimate of drug-likeness (QED) is 0.847. The van der Waals surface area contributed by atoms with Gasteiger partial charge in [-0.1, -0.05) is 18.2 Å². The zero-order chi connectivity index (χ0) is 16.2. The summed E-state index contributed by atoms with van der Waals surface area (Å²) >= 11 is 0. The maximum Gasteiger partial charge on any atom is 0.426 e. The fraction of sp³-hybridized carbons (Fsp3) is 0.312. The van der Waals surface area contributed by atoms with Gasteiger partial charge >= 0.3 is 6.09 Å². The van der Waals surface area contributed by atoms with Crippen molar-refractivity contribution in [1.82, 2.24) is 20.6 Å². The Morgan fingerprint density at radius 2 is 2.00 bits per heavy atom. The van der Waals surface area contributed by atoms with E-state index in [-0.39, 0.29) is 6.61 Å². The Hall–Kier alpha value is -2.83. The molecule has 0 aliphatic heterocycles. The maximum atomic E-state index is 12.3. The van der Waals surface area contributed by atoms with Gasteiger partial charge in [-0.2, -0.15) is 5.10 Å². The van der Waals surface area contributed by atoms with Crippen molar-refractivity contribution in [2.45, 2.75) is 25.7 Å². The van der Waals surface area contributed by atoms with Gasteiger partial charge in [0.25, 0.3) is 5.91 Å². The van der Waals surface area contributed by atoms with E-state index >= 15 is 0 Å². The van der Waals surface area contributed by atoms with E-state index < -0.39 is 12.0 Å². The molecule has 2 aromatic rings. The third-order valence-corrected chi connectivity index (χ3v) is 3.57. The van der Waals surface area contributed by atoms with Gasteiger partial charge in [0.2, 0.25) is 0 Å². The van der Waals surface area contributed by atoms with Crippen molar-refractivity contribution in [3.63, 3.8) is 0 Å². The Morgan fingerprint density at radius 3 is 2.65 bits per heavy atom. The van der Waals surface area contributed by atoms with Crippen LogP contribution < -0.4 is 10.9 Å². The van der Waals surface area contributed by atoms with E-state index in [0.29, 0.717) is 11.5 Å². The van der Waals surface area contributed by atoms with Gasteiger partial charge < -0.3 is 4.74 Å². The highest BCUT2D eigenvalue weighted by Crippen LogP contribution is 2.42. The zero-order valence-corrected chi connectivity index (χ0v) is 12.8. The molecule has 1 heterocycles. The van der Waals surface area contributed by atoms with Crippen LogP contribution in [0.25, 0.3) is 5.69 Å². The number of hydrogen-bond acceptors (Lipinski definition) is 4. The van der Waals surface area contributed by atoms with Crippen LogP contribution in [-0.2, 0) is 4.74 Å². The van der Waals surface area contributed by atoms with Crippen LogP contribution in [0.4, 0.5) is 4.79 Å². The Labute approximate surface area is 133 Å². The summed E-state index contributed by atoms with van der Waals surface area (Å²) in [5.74, 6) is -0.0804. The van der Waals surface area contributed by atoms with Crippen LogP contribution in [0.15, 0.2) is 36.5 Å². The van der Waals surface area contributed by atoms with Crippen molar-refractivity contribution in [3.8, 4) is 5.69 Å². The van der Waals surface area contributed by atoms with E-state index in [1.165, 1.54) is 6.20 Å². The lowest BCUT2D eigenvalue weighted by atomic mass is 10.1. The van der Waals surface area contributed by atoms with E-state index in [1.807, 2.05) is 30.3 Å². The largest absolute Gasteiger partial charge is 0.449 e. The molecular formula is C16H18N4O3. The summed E-state index contributed by atoms with van der Waals surface area (Å²) < 4.78 is 6.50. The highest BCUT2D eigenvalue weighted by atomic mass is 16.5. The van der Waals surface area contributed by atoms with Crippen LogP contribution in [0.1, 0.15) is 41.7 Å². The summed E-state index contributed by atoms with van der Waals surface area (Å²) in [7, 11) is 0. The topological polar surface area (TPSA) is 85.2 Å². The molecule has 1 aliphatic carbocycles. The molecular weight excluding hydrogens is 296 g/mol. The third kappa shape index (κ3) is 3.33. The Balaban J connectivity index is 1.81. The Bertz CT molecular complexity index is 707. The van der Waals surface area contributed by atoms with Crippen LogP contribution in [0.3, 0.4) is 0 Å². The fourth-order valence-corrected chi connectivity index (χ4v) is 2.40. The summed E-state index contributed by atoms with van der Waals surface area (Å²) in [4.78, 5) is 23.6. The predicted octanol–water partition coefficient (Wildman–Crippen LogP) is 2.14. The average molecular weight is 314 g/mol. The number of hydrogen-bond donors (Lipinski definition) is 2. The minimum atomic E-state index is -0.690. The number of hydrazine groups is 1. The van der Waals surface area contributed by atoms with Gasteiger partial charge in [0.05, 0.1) is 29.7 Å². The van der Waals surface area contributed by atoms with Crippen LogP contribution in [0.5, 0.6) is 0 Å². The Kier molecular flexibility index (Phi) is 4.27. The van der Waals surface area contributed by atoms with Gasteiger partial charge in [-0.05, 0) is 31.9 Å². The minimum absolute atomic E-state index is 0.237.